The molecule has 0 radical (unpaired) electrons. The molecule has 1 N–H and O–H groups in total. The number of aromatic nitrogens is 1. The van der Waals surface area contributed by atoms with Crippen molar-refractivity contribution in [2.75, 3.05) is 5.32 Å². The lowest BCUT2D eigenvalue weighted by atomic mass is 10.1. The Kier molecular flexibility index (Phi) is 3.10. The van der Waals surface area contributed by atoms with E-state index in [-0.39, 0.29) is 6.04 Å². The highest BCUT2D eigenvalue weighted by molar-refractivity contribution is 5.86. The van der Waals surface area contributed by atoms with Crippen LogP contribution in [0.2, 0.25) is 0 Å². The number of benzene rings is 1. The van der Waals surface area contributed by atoms with Crippen molar-refractivity contribution in [3.8, 4) is 6.07 Å². The molecule has 0 fully saturated rings. The zero-order valence-corrected chi connectivity index (χ0v) is 11.0. The Hall–Kier alpha value is -2.80. The van der Waals surface area contributed by atoms with Crippen LogP contribution < -0.4 is 5.32 Å². The van der Waals surface area contributed by atoms with Crippen LogP contribution in [0.4, 0.5) is 5.82 Å². The van der Waals surface area contributed by atoms with Crippen LogP contribution in [-0.4, -0.2) is 4.98 Å². The number of fused-ring (bicyclic) bond motifs is 1. The molecule has 0 amide bonds. The van der Waals surface area contributed by atoms with Gasteiger partial charge in [0, 0.05) is 5.39 Å². The summed E-state index contributed by atoms with van der Waals surface area (Å²) in [6.45, 7) is 1.99. The summed E-state index contributed by atoms with van der Waals surface area (Å²) in [6.07, 6.45) is 1.64. The summed E-state index contributed by atoms with van der Waals surface area (Å²) < 4.78 is 5.36. The third-order valence-electron chi connectivity index (χ3n) is 3.17. The van der Waals surface area contributed by atoms with Crippen LogP contribution >= 0.6 is 0 Å². The summed E-state index contributed by atoms with van der Waals surface area (Å²) in [5, 5.41) is 13.4. The normalized spacial score (nSPS) is 12.0. The van der Waals surface area contributed by atoms with Crippen molar-refractivity contribution in [1.29, 1.82) is 5.26 Å². The van der Waals surface area contributed by atoms with Crippen LogP contribution in [0.5, 0.6) is 0 Å². The Balaban J connectivity index is 1.98. The molecule has 0 aliphatic rings. The third-order valence-corrected chi connectivity index (χ3v) is 3.17. The summed E-state index contributed by atoms with van der Waals surface area (Å²) in [6, 6.07) is 15.4. The summed E-state index contributed by atoms with van der Waals surface area (Å²) >= 11 is 0. The van der Waals surface area contributed by atoms with Gasteiger partial charge >= 0.3 is 0 Å². The van der Waals surface area contributed by atoms with Crippen molar-refractivity contribution in [2.24, 2.45) is 0 Å². The van der Waals surface area contributed by atoms with Gasteiger partial charge in [-0.3, -0.25) is 0 Å². The van der Waals surface area contributed by atoms with Gasteiger partial charge in [0.05, 0.1) is 29.5 Å². The van der Waals surface area contributed by atoms with Crippen molar-refractivity contribution in [2.45, 2.75) is 13.0 Å². The molecule has 1 aromatic carbocycles. The molecule has 1 unspecified atom stereocenters. The average Bonchev–Trinajstić information content (AvgIpc) is 3.00. The molecule has 2 aromatic heterocycles. The average molecular weight is 263 g/mol. The molecule has 0 aliphatic carbocycles. The van der Waals surface area contributed by atoms with Crippen LogP contribution in [-0.2, 0) is 0 Å². The van der Waals surface area contributed by atoms with Gasteiger partial charge in [-0.05, 0) is 31.2 Å². The molecule has 0 spiro atoms. The first-order valence-corrected chi connectivity index (χ1v) is 6.38. The number of nitrogens with zero attached hydrogens (tertiary/aromatic N) is 2. The quantitative estimate of drug-likeness (QED) is 0.779. The highest BCUT2D eigenvalue weighted by Crippen LogP contribution is 2.23. The topological polar surface area (TPSA) is 61.9 Å². The van der Waals surface area contributed by atoms with Gasteiger partial charge in [0.2, 0.25) is 0 Å². The molecule has 4 heteroatoms. The largest absolute Gasteiger partial charge is 0.467 e. The molecule has 1 atom stereocenters. The van der Waals surface area contributed by atoms with Crippen LogP contribution in [0.15, 0.2) is 53.1 Å². The number of rotatable bonds is 3. The van der Waals surface area contributed by atoms with E-state index in [4.69, 9.17) is 4.42 Å². The van der Waals surface area contributed by atoms with E-state index in [1.807, 2.05) is 43.3 Å². The summed E-state index contributed by atoms with van der Waals surface area (Å²) in [7, 11) is 0. The SMILES string of the molecule is CC(Nc1cc(C#N)c2ccccc2n1)c1ccco1. The van der Waals surface area contributed by atoms with Gasteiger partial charge in [-0.25, -0.2) is 4.98 Å². The van der Waals surface area contributed by atoms with Gasteiger partial charge in [0.1, 0.15) is 11.6 Å². The zero-order chi connectivity index (χ0) is 13.9. The summed E-state index contributed by atoms with van der Waals surface area (Å²) in [4.78, 5) is 4.53. The van der Waals surface area contributed by atoms with Gasteiger partial charge in [-0.1, -0.05) is 18.2 Å². The molecule has 4 nitrogen and oxygen atoms in total. The fourth-order valence-electron chi connectivity index (χ4n) is 2.17. The zero-order valence-electron chi connectivity index (χ0n) is 11.0. The number of hydrogen-bond acceptors (Lipinski definition) is 4. The van der Waals surface area contributed by atoms with Crippen molar-refractivity contribution in [1.82, 2.24) is 4.98 Å². The first kappa shape index (κ1) is 12.2. The number of furan rings is 1. The van der Waals surface area contributed by atoms with E-state index < -0.39 is 0 Å². The number of hydrogen-bond donors (Lipinski definition) is 1. The van der Waals surface area contributed by atoms with Crippen LogP contribution in [0, 0.1) is 11.3 Å². The van der Waals surface area contributed by atoms with E-state index in [9.17, 15) is 5.26 Å². The molecule has 98 valence electrons. The Morgan fingerprint density at radius 2 is 2.10 bits per heavy atom. The summed E-state index contributed by atoms with van der Waals surface area (Å²) in [5.41, 5.74) is 1.42. The fraction of sp³-hybridized carbons (Fsp3) is 0.125. The Morgan fingerprint density at radius 3 is 2.85 bits per heavy atom. The minimum absolute atomic E-state index is 0.00907. The molecule has 3 rings (SSSR count). The number of nitriles is 1. The molecule has 0 bridgehead atoms. The van der Waals surface area contributed by atoms with Crippen molar-refractivity contribution in [3.63, 3.8) is 0 Å². The molecule has 2 heterocycles. The summed E-state index contributed by atoms with van der Waals surface area (Å²) in [5.74, 6) is 1.50. The minimum Gasteiger partial charge on any atom is -0.467 e. The Morgan fingerprint density at radius 1 is 1.25 bits per heavy atom. The molecule has 0 saturated heterocycles. The molecule has 3 aromatic rings. The lowest BCUT2D eigenvalue weighted by molar-refractivity contribution is 0.490. The third kappa shape index (κ3) is 2.21. The predicted molar refractivity (Wildman–Crippen MR) is 77.2 cm³/mol. The maximum atomic E-state index is 9.25. The van der Waals surface area contributed by atoms with Gasteiger partial charge < -0.3 is 9.73 Å². The van der Waals surface area contributed by atoms with E-state index in [1.54, 1.807) is 12.3 Å². The molecule has 0 aliphatic heterocycles. The van der Waals surface area contributed by atoms with Crippen LogP contribution in [0.1, 0.15) is 24.3 Å². The van der Waals surface area contributed by atoms with Gasteiger partial charge in [-0.15, -0.1) is 0 Å². The first-order valence-electron chi connectivity index (χ1n) is 6.38. The standard InChI is InChI=1S/C16H13N3O/c1-11(15-7-4-8-20-15)18-16-9-12(10-17)13-5-2-3-6-14(13)19-16/h2-9,11H,1H3,(H,18,19). The molecular weight excluding hydrogens is 250 g/mol. The molecule has 0 saturated carbocycles. The maximum Gasteiger partial charge on any atom is 0.128 e. The van der Waals surface area contributed by atoms with Crippen LogP contribution in [0.3, 0.4) is 0 Å². The van der Waals surface area contributed by atoms with Gasteiger partial charge in [0.15, 0.2) is 0 Å². The minimum atomic E-state index is -0.00907. The Bertz CT molecular complexity index is 772. The van der Waals surface area contributed by atoms with Crippen molar-refractivity contribution in [3.05, 3.63) is 60.1 Å². The van der Waals surface area contributed by atoms with Gasteiger partial charge in [0.25, 0.3) is 0 Å². The maximum absolute atomic E-state index is 9.25. The van der Waals surface area contributed by atoms with Crippen LogP contribution in [0.25, 0.3) is 10.9 Å². The molecule has 20 heavy (non-hydrogen) atoms. The lowest BCUT2D eigenvalue weighted by Crippen LogP contribution is -2.07. The van der Waals surface area contributed by atoms with E-state index in [0.717, 1.165) is 16.7 Å². The van der Waals surface area contributed by atoms with Crippen molar-refractivity contribution >= 4 is 16.7 Å². The highest BCUT2D eigenvalue weighted by atomic mass is 16.3. The van der Waals surface area contributed by atoms with E-state index in [0.29, 0.717) is 11.4 Å². The van der Waals surface area contributed by atoms with Gasteiger partial charge in [-0.2, -0.15) is 5.26 Å². The Labute approximate surface area is 116 Å². The smallest absolute Gasteiger partial charge is 0.128 e. The number of nitrogens with one attached hydrogen (secondary N) is 1. The number of para-hydroxylation sites is 1. The second-order valence-electron chi connectivity index (χ2n) is 4.57. The van der Waals surface area contributed by atoms with E-state index in [2.05, 4.69) is 16.4 Å². The second kappa shape index (κ2) is 5.06. The van der Waals surface area contributed by atoms with E-state index >= 15 is 0 Å². The number of pyridine rings is 1. The first-order chi connectivity index (χ1) is 9.78. The lowest BCUT2D eigenvalue weighted by Gasteiger charge is -2.13. The van der Waals surface area contributed by atoms with E-state index in [1.165, 1.54) is 0 Å². The second-order valence-corrected chi connectivity index (χ2v) is 4.57. The highest BCUT2D eigenvalue weighted by Gasteiger charge is 2.10. The molecular formula is C16H13N3O. The number of anilines is 1. The fourth-order valence-corrected chi connectivity index (χ4v) is 2.17. The van der Waals surface area contributed by atoms with Crippen molar-refractivity contribution < 1.29 is 4.42 Å². The monoisotopic (exact) mass is 263 g/mol. The predicted octanol–water partition coefficient (Wildman–Crippen LogP) is 3.87.